The molecule has 0 aliphatic rings. The number of hydrogen-bond donors (Lipinski definition) is 0. The third kappa shape index (κ3) is 7.42. The third-order valence-electron chi connectivity index (χ3n) is 1.91. The van der Waals surface area contributed by atoms with E-state index in [1.807, 2.05) is 0 Å². The van der Waals surface area contributed by atoms with Crippen LogP contribution in [0.1, 0.15) is 46.5 Å². The van der Waals surface area contributed by atoms with E-state index in [0.717, 1.165) is 31.0 Å². The summed E-state index contributed by atoms with van der Waals surface area (Å²) in [5, 5.41) is -0.289. The van der Waals surface area contributed by atoms with Gasteiger partial charge in [0.15, 0.2) is 5.12 Å². The Hall–Kier alpha value is -0.510. The number of rotatable bonds is 7. The first kappa shape index (κ1) is 14.5. The van der Waals surface area contributed by atoms with Gasteiger partial charge in [-0.2, -0.15) is 0 Å². The second-order valence-electron chi connectivity index (χ2n) is 3.34. The smallest absolute Gasteiger partial charge is 0.319 e. The number of ether oxygens (including phenoxy) is 1. The van der Waals surface area contributed by atoms with Gasteiger partial charge < -0.3 is 4.74 Å². The number of hydrogen-bond acceptors (Lipinski definition) is 4. The predicted molar refractivity (Wildman–Crippen MR) is 62.8 cm³/mol. The molecule has 0 aromatic carbocycles. The highest BCUT2D eigenvalue weighted by atomic mass is 32.2. The second-order valence-corrected chi connectivity index (χ2v) is 4.74. The van der Waals surface area contributed by atoms with Gasteiger partial charge >= 0.3 is 5.97 Å². The Morgan fingerprint density at radius 1 is 1.27 bits per heavy atom. The minimum Gasteiger partial charge on any atom is -0.465 e. The molecule has 0 heterocycles. The van der Waals surface area contributed by atoms with Gasteiger partial charge in [0.25, 0.3) is 0 Å². The van der Waals surface area contributed by atoms with Crippen molar-refractivity contribution in [2.24, 2.45) is 0 Å². The summed E-state index contributed by atoms with van der Waals surface area (Å²) < 4.78 is 4.82. The van der Waals surface area contributed by atoms with Gasteiger partial charge in [0.1, 0.15) is 5.25 Å². The lowest BCUT2D eigenvalue weighted by molar-refractivity contribution is -0.142. The molecular weight excluding hydrogens is 212 g/mol. The zero-order valence-corrected chi connectivity index (χ0v) is 10.6. The first-order valence-corrected chi connectivity index (χ1v) is 6.35. The molecule has 1 atom stereocenters. The summed E-state index contributed by atoms with van der Waals surface area (Å²) >= 11 is 1.08. The van der Waals surface area contributed by atoms with Gasteiger partial charge in [-0.25, -0.2) is 0 Å². The summed E-state index contributed by atoms with van der Waals surface area (Å²) in [6, 6.07) is 0. The maximum atomic E-state index is 11.4. The fraction of sp³-hybridized carbons (Fsp3) is 0.818. The summed E-state index contributed by atoms with van der Waals surface area (Å²) in [6.45, 7) is 5.94. The first-order valence-electron chi connectivity index (χ1n) is 5.47. The Labute approximate surface area is 95.9 Å². The summed E-state index contributed by atoms with van der Waals surface area (Å²) in [5.41, 5.74) is 0. The third-order valence-corrected chi connectivity index (χ3v) is 2.92. The molecular formula is C11H20O3S. The Bertz CT molecular complexity index is 204. The predicted octanol–water partition coefficient (Wildman–Crippen LogP) is 2.78. The minimum atomic E-state index is -0.376. The van der Waals surface area contributed by atoms with Crippen molar-refractivity contribution in [3.63, 3.8) is 0 Å². The Morgan fingerprint density at radius 2 is 1.93 bits per heavy atom. The highest BCUT2D eigenvalue weighted by Crippen LogP contribution is 2.17. The molecule has 0 aromatic rings. The van der Waals surface area contributed by atoms with E-state index in [4.69, 9.17) is 4.74 Å². The summed E-state index contributed by atoms with van der Waals surface area (Å²) in [4.78, 5) is 22.6. The molecule has 4 heteroatoms. The van der Waals surface area contributed by atoms with E-state index in [1.165, 1.54) is 0 Å². The van der Waals surface area contributed by atoms with Crippen LogP contribution in [0.4, 0.5) is 0 Å². The normalized spacial score (nSPS) is 12.2. The molecule has 3 nitrogen and oxygen atoms in total. The van der Waals surface area contributed by atoms with Crippen molar-refractivity contribution in [3.8, 4) is 0 Å². The molecule has 15 heavy (non-hydrogen) atoms. The minimum absolute atomic E-state index is 0.0870. The van der Waals surface area contributed by atoms with E-state index < -0.39 is 0 Å². The molecule has 1 unspecified atom stereocenters. The van der Waals surface area contributed by atoms with Crippen LogP contribution >= 0.6 is 11.8 Å². The van der Waals surface area contributed by atoms with Crippen LogP contribution < -0.4 is 0 Å². The van der Waals surface area contributed by atoms with Crippen molar-refractivity contribution in [1.82, 2.24) is 0 Å². The number of carbonyl (C=O) groups excluding carboxylic acids is 2. The second kappa shape index (κ2) is 8.77. The van der Waals surface area contributed by atoms with Gasteiger partial charge in [-0.15, -0.1) is 0 Å². The molecule has 0 saturated carbocycles. The van der Waals surface area contributed by atoms with Crippen molar-refractivity contribution in [2.45, 2.75) is 51.7 Å². The van der Waals surface area contributed by atoms with E-state index in [-0.39, 0.29) is 16.3 Å². The largest absolute Gasteiger partial charge is 0.465 e. The van der Waals surface area contributed by atoms with Crippen LogP contribution in [-0.2, 0) is 14.3 Å². The van der Waals surface area contributed by atoms with E-state index in [9.17, 15) is 9.59 Å². The molecule has 0 bridgehead atoms. The molecule has 0 amide bonds. The molecule has 0 fully saturated rings. The highest BCUT2D eigenvalue weighted by Gasteiger charge is 2.18. The van der Waals surface area contributed by atoms with Crippen LogP contribution in [0.2, 0.25) is 0 Å². The average molecular weight is 232 g/mol. The van der Waals surface area contributed by atoms with Crippen LogP contribution in [-0.4, -0.2) is 22.9 Å². The molecule has 0 radical (unpaired) electrons. The fourth-order valence-electron chi connectivity index (χ4n) is 1.08. The molecule has 0 aromatic heterocycles. The maximum Gasteiger partial charge on any atom is 0.319 e. The van der Waals surface area contributed by atoms with Crippen LogP contribution in [0.5, 0.6) is 0 Å². The molecule has 0 rings (SSSR count). The molecule has 88 valence electrons. The molecule has 0 aliphatic heterocycles. The summed E-state index contributed by atoms with van der Waals surface area (Å²) in [6.07, 6.45) is 3.64. The van der Waals surface area contributed by atoms with Crippen LogP contribution in [0, 0.1) is 0 Å². The Kier molecular flexibility index (Phi) is 8.47. The molecule has 0 aliphatic carbocycles. The average Bonchev–Trinajstić information content (AvgIpc) is 2.18. The van der Waals surface area contributed by atoms with E-state index in [2.05, 4.69) is 6.92 Å². The zero-order chi connectivity index (χ0) is 11.7. The Morgan fingerprint density at radius 3 is 2.47 bits per heavy atom. The topological polar surface area (TPSA) is 43.4 Å². The van der Waals surface area contributed by atoms with Crippen molar-refractivity contribution in [2.75, 3.05) is 6.61 Å². The van der Waals surface area contributed by atoms with Crippen LogP contribution in [0.3, 0.4) is 0 Å². The van der Waals surface area contributed by atoms with Crippen LogP contribution in [0.15, 0.2) is 0 Å². The van der Waals surface area contributed by atoms with Crippen molar-refractivity contribution in [3.05, 3.63) is 0 Å². The number of thioether (sulfide) groups is 1. The van der Waals surface area contributed by atoms with E-state index in [1.54, 1.807) is 13.8 Å². The van der Waals surface area contributed by atoms with Crippen molar-refractivity contribution in [1.29, 1.82) is 0 Å². The maximum absolute atomic E-state index is 11.4. The van der Waals surface area contributed by atoms with Gasteiger partial charge in [-0.3, -0.25) is 9.59 Å². The lowest BCUT2D eigenvalue weighted by atomic mass is 10.2. The first-order chi connectivity index (χ1) is 7.11. The lowest BCUT2D eigenvalue weighted by Crippen LogP contribution is -2.18. The van der Waals surface area contributed by atoms with Gasteiger partial charge in [0, 0.05) is 6.42 Å². The number of esters is 1. The summed E-state index contributed by atoms with van der Waals surface area (Å²) in [5.74, 6) is -0.300. The van der Waals surface area contributed by atoms with Gasteiger partial charge in [-0.1, -0.05) is 31.5 Å². The molecule has 0 saturated heterocycles. The van der Waals surface area contributed by atoms with E-state index in [0.29, 0.717) is 13.0 Å². The standard InChI is InChI=1S/C11H20O3S/c1-4-6-7-8-10(12)15-9(3)11(13)14-5-2/h9H,4-8H2,1-3H3. The van der Waals surface area contributed by atoms with Gasteiger partial charge in [-0.05, 0) is 20.3 Å². The molecule has 0 N–H and O–H groups in total. The number of unbranched alkanes of at least 4 members (excludes halogenated alkanes) is 2. The molecule has 0 spiro atoms. The Balaban J connectivity index is 3.70. The summed E-state index contributed by atoms with van der Waals surface area (Å²) in [7, 11) is 0. The van der Waals surface area contributed by atoms with Gasteiger partial charge in [0.2, 0.25) is 0 Å². The fourth-order valence-corrected chi connectivity index (χ4v) is 1.90. The lowest BCUT2D eigenvalue weighted by Gasteiger charge is -2.08. The highest BCUT2D eigenvalue weighted by molar-refractivity contribution is 8.14. The SMILES string of the molecule is CCCCCC(=O)SC(C)C(=O)OCC. The van der Waals surface area contributed by atoms with Crippen LogP contribution in [0.25, 0.3) is 0 Å². The van der Waals surface area contributed by atoms with Crippen molar-refractivity contribution < 1.29 is 14.3 Å². The van der Waals surface area contributed by atoms with Crippen molar-refractivity contribution >= 4 is 22.8 Å². The monoisotopic (exact) mass is 232 g/mol. The quantitative estimate of drug-likeness (QED) is 0.500. The van der Waals surface area contributed by atoms with E-state index >= 15 is 0 Å². The van der Waals surface area contributed by atoms with Gasteiger partial charge in [0.05, 0.1) is 6.61 Å². The zero-order valence-electron chi connectivity index (χ0n) is 9.75. The number of carbonyl (C=O) groups is 2.